The van der Waals surface area contributed by atoms with Crippen molar-refractivity contribution in [1.82, 2.24) is 9.88 Å². The standard InChI is InChI=1S/C20H19N3S/c21-13-15-5-7-16(8-6-15)14-23-11-9-17(10-12-23)20-22-18-3-1-2-4-19(18)24-20/h1-8,17H,9-12,14H2. The molecule has 1 saturated heterocycles. The summed E-state index contributed by atoms with van der Waals surface area (Å²) in [4.78, 5) is 7.34. The number of thiazole rings is 1. The van der Waals surface area contributed by atoms with E-state index >= 15 is 0 Å². The Hall–Kier alpha value is -2.22. The number of nitriles is 1. The van der Waals surface area contributed by atoms with Crippen molar-refractivity contribution in [3.63, 3.8) is 0 Å². The highest BCUT2D eigenvalue weighted by Gasteiger charge is 2.23. The first kappa shape index (κ1) is 15.3. The van der Waals surface area contributed by atoms with Crippen LogP contribution in [0.15, 0.2) is 48.5 Å². The monoisotopic (exact) mass is 333 g/mol. The van der Waals surface area contributed by atoms with Gasteiger partial charge in [-0.1, -0.05) is 24.3 Å². The van der Waals surface area contributed by atoms with Gasteiger partial charge in [0.25, 0.3) is 0 Å². The summed E-state index contributed by atoms with van der Waals surface area (Å²) in [5.74, 6) is 0.597. The van der Waals surface area contributed by atoms with Crippen LogP contribution in [0.3, 0.4) is 0 Å². The lowest BCUT2D eigenvalue weighted by molar-refractivity contribution is 0.204. The highest BCUT2D eigenvalue weighted by Crippen LogP contribution is 2.34. The summed E-state index contributed by atoms with van der Waals surface area (Å²) in [6.45, 7) is 3.19. The molecular weight excluding hydrogens is 314 g/mol. The lowest BCUT2D eigenvalue weighted by atomic mass is 9.97. The van der Waals surface area contributed by atoms with Crippen LogP contribution in [0.5, 0.6) is 0 Å². The smallest absolute Gasteiger partial charge is 0.0991 e. The Morgan fingerprint density at radius 2 is 1.83 bits per heavy atom. The number of fused-ring (bicyclic) bond motifs is 1. The van der Waals surface area contributed by atoms with Crippen molar-refractivity contribution in [2.45, 2.75) is 25.3 Å². The first-order valence-corrected chi connectivity index (χ1v) is 9.20. The molecule has 1 fully saturated rings. The summed E-state index contributed by atoms with van der Waals surface area (Å²) < 4.78 is 1.30. The van der Waals surface area contributed by atoms with Gasteiger partial charge in [-0.15, -0.1) is 11.3 Å². The molecule has 0 N–H and O–H groups in total. The van der Waals surface area contributed by atoms with E-state index in [2.05, 4.69) is 47.4 Å². The molecule has 2 heterocycles. The van der Waals surface area contributed by atoms with E-state index in [1.807, 2.05) is 23.5 Å². The Morgan fingerprint density at radius 3 is 2.54 bits per heavy atom. The Kier molecular flexibility index (Phi) is 4.29. The maximum Gasteiger partial charge on any atom is 0.0991 e. The van der Waals surface area contributed by atoms with Gasteiger partial charge in [-0.3, -0.25) is 4.90 Å². The maximum absolute atomic E-state index is 8.87. The van der Waals surface area contributed by atoms with Crippen LogP contribution in [0.4, 0.5) is 0 Å². The van der Waals surface area contributed by atoms with E-state index in [0.717, 1.165) is 30.7 Å². The molecule has 4 rings (SSSR count). The van der Waals surface area contributed by atoms with Crippen LogP contribution in [0, 0.1) is 11.3 Å². The Balaban J connectivity index is 1.38. The van der Waals surface area contributed by atoms with E-state index in [1.54, 1.807) is 0 Å². The molecule has 0 saturated carbocycles. The predicted octanol–water partition coefficient (Wildman–Crippen LogP) is 4.55. The fourth-order valence-corrected chi connectivity index (χ4v) is 4.48. The quantitative estimate of drug-likeness (QED) is 0.706. The van der Waals surface area contributed by atoms with Gasteiger partial charge in [0.1, 0.15) is 0 Å². The van der Waals surface area contributed by atoms with Crippen molar-refractivity contribution in [3.8, 4) is 6.07 Å². The van der Waals surface area contributed by atoms with Crippen molar-refractivity contribution >= 4 is 21.6 Å². The number of nitrogens with zero attached hydrogens (tertiary/aromatic N) is 3. The summed E-state index contributed by atoms with van der Waals surface area (Å²) in [7, 11) is 0. The van der Waals surface area contributed by atoms with Gasteiger partial charge < -0.3 is 0 Å². The number of piperidine rings is 1. The zero-order chi connectivity index (χ0) is 16.4. The topological polar surface area (TPSA) is 39.9 Å². The zero-order valence-electron chi connectivity index (χ0n) is 13.5. The number of rotatable bonds is 3. The molecule has 0 unspecified atom stereocenters. The van der Waals surface area contributed by atoms with Crippen LogP contribution in [0.2, 0.25) is 0 Å². The molecule has 0 radical (unpaired) electrons. The highest BCUT2D eigenvalue weighted by atomic mass is 32.1. The molecule has 3 nitrogen and oxygen atoms in total. The van der Waals surface area contributed by atoms with Crippen molar-refractivity contribution in [3.05, 3.63) is 64.7 Å². The minimum atomic E-state index is 0.597. The number of hydrogen-bond acceptors (Lipinski definition) is 4. The molecule has 0 amide bonds. The second-order valence-electron chi connectivity index (χ2n) is 6.38. The molecule has 24 heavy (non-hydrogen) atoms. The summed E-state index contributed by atoms with van der Waals surface area (Å²) in [6.07, 6.45) is 2.35. The highest BCUT2D eigenvalue weighted by molar-refractivity contribution is 7.18. The molecule has 1 aliphatic rings. The molecule has 1 aliphatic heterocycles. The number of aromatic nitrogens is 1. The normalized spacial score (nSPS) is 16.3. The fraction of sp³-hybridized carbons (Fsp3) is 0.300. The predicted molar refractivity (Wildman–Crippen MR) is 98.0 cm³/mol. The number of benzene rings is 2. The summed E-state index contributed by atoms with van der Waals surface area (Å²) in [6, 6.07) is 18.5. The molecule has 0 atom stereocenters. The summed E-state index contributed by atoms with van der Waals surface area (Å²) in [5.41, 5.74) is 3.15. The van der Waals surface area contributed by atoms with Gasteiger partial charge in [0.15, 0.2) is 0 Å². The van der Waals surface area contributed by atoms with E-state index in [1.165, 1.54) is 28.1 Å². The number of para-hydroxylation sites is 1. The zero-order valence-corrected chi connectivity index (χ0v) is 14.3. The molecule has 120 valence electrons. The SMILES string of the molecule is N#Cc1ccc(CN2CCC(c3nc4ccccc4s3)CC2)cc1. The second-order valence-corrected chi connectivity index (χ2v) is 7.44. The van der Waals surface area contributed by atoms with Crippen LogP contribution in [-0.4, -0.2) is 23.0 Å². The minimum Gasteiger partial charge on any atom is -0.299 e. The third-order valence-corrected chi connectivity index (χ3v) is 5.94. The van der Waals surface area contributed by atoms with Crippen molar-refractivity contribution in [1.29, 1.82) is 5.26 Å². The Morgan fingerprint density at radius 1 is 1.08 bits per heavy atom. The van der Waals surface area contributed by atoms with Crippen LogP contribution in [-0.2, 0) is 6.54 Å². The molecule has 0 spiro atoms. The van der Waals surface area contributed by atoms with E-state index in [-0.39, 0.29) is 0 Å². The van der Waals surface area contributed by atoms with Crippen LogP contribution >= 0.6 is 11.3 Å². The third-order valence-electron chi connectivity index (χ3n) is 4.74. The molecule has 0 bridgehead atoms. The number of hydrogen-bond donors (Lipinski definition) is 0. The largest absolute Gasteiger partial charge is 0.299 e. The first-order valence-electron chi connectivity index (χ1n) is 8.39. The van der Waals surface area contributed by atoms with E-state index in [0.29, 0.717) is 5.92 Å². The van der Waals surface area contributed by atoms with Crippen molar-refractivity contribution < 1.29 is 0 Å². The van der Waals surface area contributed by atoms with Gasteiger partial charge in [-0.2, -0.15) is 5.26 Å². The van der Waals surface area contributed by atoms with Crippen LogP contribution in [0.25, 0.3) is 10.2 Å². The van der Waals surface area contributed by atoms with E-state index < -0.39 is 0 Å². The Labute approximate surface area is 146 Å². The molecule has 2 aromatic carbocycles. The lowest BCUT2D eigenvalue weighted by Gasteiger charge is -2.31. The molecular formula is C20H19N3S. The average molecular weight is 333 g/mol. The third kappa shape index (κ3) is 3.19. The second kappa shape index (κ2) is 6.72. The maximum atomic E-state index is 8.87. The van der Waals surface area contributed by atoms with E-state index in [4.69, 9.17) is 10.2 Å². The molecule has 1 aromatic heterocycles. The fourth-order valence-electron chi connectivity index (χ4n) is 3.35. The van der Waals surface area contributed by atoms with Gasteiger partial charge in [0, 0.05) is 12.5 Å². The molecule has 0 aliphatic carbocycles. The molecule has 3 aromatic rings. The summed E-state index contributed by atoms with van der Waals surface area (Å²) >= 11 is 1.85. The number of likely N-dealkylation sites (tertiary alicyclic amines) is 1. The van der Waals surface area contributed by atoms with Gasteiger partial charge in [0.05, 0.1) is 26.9 Å². The van der Waals surface area contributed by atoms with Gasteiger partial charge in [-0.25, -0.2) is 4.98 Å². The van der Waals surface area contributed by atoms with Crippen LogP contribution < -0.4 is 0 Å². The van der Waals surface area contributed by atoms with E-state index in [9.17, 15) is 0 Å². The average Bonchev–Trinajstić information content (AvgIpc) is 3.07. The summed E-state index contributed by atoms with van der Waals surface area (Å²) in [5, 5.41) is 10.2. The van der Waals surface area contributed by atoms with Gasteiger partial charge >= 0.3 is 0 Å². The minimum absolute atomic E-state index is 0.597. The van der Waals surface area contributed by atoms with Crippen molar-refractivity contribution in [2.75, 3.05) is 13.1 Å². The first-order chi connectivity index (χ1) is 11.8. The van der Waals surface area contributed by atoms with Crippen molar-refractivity contribution in [2.24, 2.45) is 0 Å². The van der Waals surface area contributed by atoms with Crippen LogP contribution in [0.1, 0.15) is 34.9 Å². The van der Waals surface area contributed by atoms with Gasteiger partial charge in [0.2, 0.25) is 0 Å². The Bertz CT molecular complexity index is 835. The molecule has 4 heteroatoms. The van der Waals surface area contributed by atoms with Gasteiger partial charge in [-0.05, 0) is 55.8 Å². The lowest BCUT2D eigenvalue weighted by Crippen LogP contribution is -2.32.